The highest BCUT2D eigenvalue weighted by Gasteiger charge is 2.12. The number of nitrogens with one attached hydrogen (secondary N) is 2. The molecule has 0 spiro atoms. The molecule has 9 nitrogen and oxygen atoms in total. The normalized spacial score (nSPS) is 10.9. The maximum absolute atomic E-state index is 12.5. The number of hydrogen-bond donors (Lipinski definition) is 2. The summed E-state index contributed by atoms with van der Waals surface area (Å²) < 4.78 is 1.34. The number of hydrogen-bond acceptors (Lipinski definition) is 7. The van der Waals surface area contributed by atoms with Crippen molar-refractivity contribution in [3.63, 3.8) is 0 Å². The van der Waals surface area contributed by atoms with Crippen LogP contribution in [0, 0.1) is 0 Å². The number of benzene rings is 1. The topological polar surface area (TPSA) is 118 Å². The van der Waals surface area contributed by atoms with Crippen LogP contribution in [0.4, 0.5) is 5.95 Å². The van der Waals surface area contributed by atoms with E-state index in [0.29, 0.717) is 17.0 Å². The summed E-state index contributed by atoms with van der Waals surface area (Å²) in [6, 6.07) is 8.30. The largest absolute Gasteiger partial charge is 0.348 e. The summed E-state index contributed by atoms with van der Waals surface area (Å²) in [6.07, 6.45) is 4.54. The quantitative estimate of drug-likeness (QED) is 0.516. The zero-order valence-electron chi connectivity index (χ0n) is 14.4. The van der Waals surface area contributed by atoms with Crippen molar-refractivity contribution in [3.8, 4) is 11.4 Å². The molecule has 0 atom stereocenters. The molecule has 4 rings (SSSR count). The van der Waals surface area contributed by atoms with E-state index in [-0.39, 0.29) is 23.8 Å². The number of aromatic amines is 1. The highest BCUT2D eigenvalue weighted by molar-refractivity contribution is 6.01. The lowest BCUT2D eigenvalue weighted by Crippen LogP contribution is -2.24. The number of carbonyl (C=O) groups excluding carboxylic acids is 1. The molecule has 0 amide bonds. The third-order valence-electron chi connectivity index (χ3n) is 4.13. The van der Waals surface area contributed by atoms with Crippen molar-refractivity contribution in [3.05, 3.63) is 65.1 Å². The fourth-order valence-corrected chi connectivity index (χ4v) is 2.64. The minimum absolute atomic E-state index is 0.00679. The van der Waals surface area contributed by atoms with Crippen LogP contribution in [-0.4, -0.2) is 41.8 Å². The maximum atomic E-state index is 12.5. The molecule has 0 aliphatic rings. The summed E-state index contributed by atoms with van der Waals surface area (Å²) in [5.41, 5.74) is 2.80. The monoisotopic (exact) mass is 361 g/mol. The Morgan fingerprint density at radius 3 is 2.89 bits per heavy atom. The molecule has 0 aliphatic heterocycles. The number of H-pyrrole nitrogens is 1. The Hall–Kier alpha value is -3.88. The van der Waals surface area contributed by atoms with E-state index >= 15 is 0 Å². The Morgan fingerprint density at radius 2 is 2.07 bits per heavy atom. The summed E-state index contributed by atoms with van der Waals surface area (Å²) in [5, 5.41) is 2.94. The molecule has 3 heterocycles. The third-order valence-corrected chi connectivity index (χ3v) is 4.13. The Bertz CT molecular complexity index is 1180. The van der Waals surface area contributed by atoms with E-state index in [2.05, 4.69) is 30.2 Å². The molecule has 4 aromatic rings. The predicted molar refractivity (Wildman–Crippen MR) is 99.4 cm³/mol. The SMILES string of the molecule is Cn1c(NCC(=O)c2ccc3nc[nH]c3c2)nc(-c2ccncn2)cc1=O. The van der Waals surface area contributed by atoms with Crippen LogP contribution < -0.4 is 10.9 Å². The van der Waals surface area contributed by atoms with E-state index in [1.807, 2.05) is 0 Å². The molecule has 0 unspecified atom stereocenters. The molecule has 1 aromatic carbocycles. The van der Waals surface area contributed by atoms with E-state index in [4.69, 9.17) is 0 Å². The van der Waals surface area contributed by atoms with Gasteiger partial charge in [0.25, 0.3) is 5.56 Å². The van der Waals surface area contributed by atoms with Crippen LogP contribution in [0.15, 0.2) is 54.0 Å². The van der Waals surface area contributed by atoms with Gasteiger partial charge in [-0.05, 0) is 24.3 Å². The Balaban J connectivity index is 1.57. The zero-order chi connectivity index (χ0) is 18.8. The Kier molecular flexibility index (Phi) is 4.17. The summed E-state index contributed by atoms with van der Waals surface area (Å²) >= 11 is 0. The van der Waals surface area contributed by atoms with Crippen molar-refractivity contribution >= 4 is 22.8 Å². The number of nitrogens with zero attached hydrogens (tertiary/aromatic N) is 5. The number of aromatic nitrogens is 6. The third kappa shape index (κ3) is 3.30. The molecular weight excluding hydrogens is 346 g/mol. The van der Waals surface area contributed by atoms with Crippen LogP contribution in [0.3, 0.4) is 0 Å². The molecule has 3 aromatic heterocycles. The second-order valence-corrected chi connectivity index (χ2v) is 5.87. The number of Topliss-reactive ketones (excluding diaryl/α,β-unsaturated/α-hetero) is 1. The summed E-state index contributed by atoms with van der Waals surface area (Å²) in [7, 11) is 1.59. The van der Waals surface area contributed by atoms with E-state index in [1.165, 1.54) is 17.0 Å². The van der Waals surface area contributed by atoms with Gasteiger partial charge in [0.15, 0.2) is 5.78 Å². The molecular formula is C18H15N7O2. The van der Waals surface area contributed by atoms with Gasteiger partial charge in [-0.25, -0.2) is 19.9 Å². The van der Waals surface area contributed by atoms with Crippen molar-refractivity contribution < 1.29 is 4.79 Å². The van der Waals surface area contributed by atoms with Crippen molar-refractivity contribution in [2.75, 3.05) is 11.9 Å². The highest BCUT2D eigenvalue weighted by Crippen LogP contribution is 2.14. The summed E-state index contributed by atoms with van der Waals surface area (Å²) in [6.45, 7) is -0.00679. The Labute approximate surface area is 153 Å². The van der Waals surface area contributed by atoms with Gasteiger partial charge in [0.05, 0.1) is 35.3 Å². The molecule has 0 bridgehead atoms. The number of anilines is 1. The van der Waals surface area contributed by atoms with Gasteiger partial charge in [-0.3, -0.25) is 14.2 Å². The lowest BCUT2D eigenvalue weighted by molar-refractivity contribution is 0.101. The van der Waals surface area contributed by atoms with Gasteiger partial charge in [-0.15, -0.1) is 0 Å². The first-order chi connectivity index (χ1) is 13.1. The van der Waals surface area contributed by atoms with Gasteiger partial charge in [0, 0.05) is 24.9 Å². The number of rotatable bonds is 5. The number of ketones is 1. The smallest absolute Gasteiger partial charge is 0.255 e. The second kappa shape index (κ2) is 6.79. The van der Waals surface area contributed by atoms with Crippen molar-refractivity contribution in [2.45, 2.75) is 0 Å². The molecule has 134 valence electrons. The fraction of sp³-hybridized carbons (Fsp3) is 0.111. The van der Waals surface area contributed by atoms with Crippen molar-refractivity contribution in [1.82, 2.24) is 29.5 Å². The lowest BCUT2D eigenvalue weighted by atomic mass is 10.1. The molecule has 0 saturated heterocycles. The predicted octanol–water partition coefficient (Wildman–Crippen LogP) is 1.41. The van der Waals surface area contributed by atoms with E-state index in [9.17, 15) is 9.59 Å². The summed E-state index contributed by atoms with van der Waals surface area (Å²) in [4.78, 5) is 44.2. The van der Waals surface area contributed by atoms with E-state index in [1.54, 1.807) is 43.8 Å². The summed E-state index contributed by atoms with van der Waals surface area (Å²) in [5.74, 6) is 0.153. The van der Waals surface area contributed by atoms with E-state index < -0.39 is 0 Å². The van der Waals surface area contributed by atoms with Gasteiger partial charge in [-0.2, -0.15) is 0 Å². The van der Waals surface area contributed by atoms with Crippen LogP contribution >= 0.6 is 0 Å². The van der Waals surface area contributed by atoms with E-state index in [0.717, 1.165) is 11.0 Å². The average molecular weight is 361 g/mol. The minimum Gasteiger partial charge on any atom is -0.348 e. The van der Waals surface area contributed by atoms with Crippen molar-refractivity contribution in [2.24, 2.45) is 7.05 Å². The fourth-order valence-electron chi connectivity index (χ4n) is 2.64. The van der Waals surface area contributed by atoms with Crippen LogP contribution in [0.1, 0.15) is 10.4 Å². The Morgan fingerprint density at radius 1 is 1.19 bits per heavy atom. The molecule has 0 radical (unpaired) electrons. The van der Waals surface area contributed by atoms with Crippen LogP contribution in [0.25, 0.3) is 22.4 Å². The van der Waals surface area contributed by atoms with Gasteiger partial charge in [-0.1, -0.05) is 0 Å². The first-order valence-electron chi connectivity index (χ1n) is 8.16. The van der Waals surface area contributed by atoms with Gasteiger partial charge >= 0.3 is 0 Å². The molecule has 9 heteroatoms. The van der Waals surface area contributed by atoms with Gasteiger partial charge in [0.2, 0.25) is 5.95 Å². The maximum Gasteiger partial charge on any atom is 0.255 e. The molecule has 0 fully saturated rings. The molecule has 27 heavy (non-hydrogen) atoms. The number of imidazole rings is 1. The van der Waals surface area contributed by atoms with Gasteiger partial charge in [0.1, 0.15) is 6.33 Å². The first-order valence-corrected chi connectivity index (χ1v) is 8.16. The number of fused-ring (bicyclic) bond motifs is 1. The minimum atomic E-state index is -0.257. The molecule has 2 N–H and O–H groups in total. The van der Waals surface area contributed by atoms with Gasteiger partial charge < -0.3 is 10.3 Å². The highest BCUT2D eigenvalue weighted by atomic mass is 16.1. The van der Waals surface area contributed by atoms with Crippen LogP contribution in [0.5, 0.6) is 0 Å². The molecule has 0 saturated carbocycles. The lowest BCUT2D eigenvalue weighted by Gasteiger charge is -2.11. The second-order valence-electron chi connectivity index (χ2n) is 5.87. The van der Waals surface area contributed by atoms with Crippen LogP contribution in [-0.2, 0) is 7.05 Å². The standard InChI is InChI=1S/C18H15N7O2/c1-25-17(27)7-15(13-4-5-19-9-21-13)24-18(25)20-8-16(26)11-2-3-12-14(6-11)23-10-22-12/h2-7,9-10H,8H2,1H3,(H,20,24)(H,22,23). The zero-order valence-corrected chi connectivity index (χ0v) is 14.4. The van der Waals surface area contributed by atoms with Crippen LogP contribution in [0.2, 0.25) is 0 Å². The molecule has 0 aliphatic carbocycles. The number of carbonyl (C=O) groups is 1. The first kappa shape index (κ1) is 16.6. The average Bonchev–Trinajstić information content (AvgIpc) is 3.17. The van der Waals surface area contributed by atoms with Crippen molar-refractivity contribution in [1.29, 1.82) is 0 Å².